The lowest BCUT2D eigenvalue weighted by Gasteiger charge is -2.18. The van der Waals surface area contributed by atoms with Gasteiger partial charge in [-0.3, -0.25) is 4.79 Å². The summed E-state index contributed by atoms with van der Waals surface area (Å²) in [7, 11) is 0. The first kappa shape index (κ1) is 37.5. The van der Waals surface area contributed by atoms with Gasteiger partial charge < -0.3 is 4.74 Å². The number of carbonyl (C=O) groups excluding carboxylic acids is 1. The van der Waals surface area contributed by atoms with Crippen LogP contribution in [0.4, 0.5) is 0 Å². The Morgan fingerprint density at radius 3 is 1.13 bits per heavy atom. The first-order chi connectivity index (χ1) is 18.6. The van der Waals surface area contributed by atoms with Gasteiger partial charge in [0.2, 0.25) is 0 Å². The molecule has 0 aliphatic carbocycles. The van der Waals surface area contributed by atoms with Crippen molar-refractivity contribution in [3.63, 3.8) is 0 Å². The van der Waals surface area contributed by atoms with Crippen LogP contribution in [0.25, 0.3) is 0 Å². The highest BCUT2D eigenvalue weighted by Gasteiger charge is 2.14. The average molecular weight is 537 g/mol. The van der Waals surface area contributed by atoms with Crippen molar-refractivity contribution < 1.29 is 9.53 Å². The summed E-state index contributed by atoms with van der Waals surface area (Å²) in [5.41, 5.74) is 0. The lowest BCUT2D eigenvalue weighted by atomic mass is 10.0. The van der Waals surface area contributed by atoms with E-state index >= 15 is 0 Å². The Labute approximate surface area is 241 Å². The van der Waals surface area contributed by atoms with Crippen LogP contribution in [0.3, 0.4) is 0 Å². The van der Waals surface area contributed by atoms with Gasteiger partial charge >= 0.3 is 5.97 Å². The van der Waals surface area contributed by atoms with Crippen molar-refractivity contribution in [2.45, 2.75) is 220 Å². The third-order valence-corrected chi connectivity index (χ3v) is 8.22. The monoisotopic (exact) mass is 537 g/mol. The molecule has 1 unspecified atom stereocenters. The second-order valence-electron chi connectivity index (χ2n) is 12.8. The molecule has 1 atom stereocenters. The third-order valence-electron chi connectivity index (χ3n) is 8.22. The summed E-state index contributed by atoms with van der Waals surface area (Å²) in [6.07, 6.45) is 37.6. The topological polar surface area (TPSA) is 26.3 Å². The van der Waals surface area contributed by atoms with Crippen molar-refractivity contribution in [2.75, 3.05) is 0 Å². The zero-order chi connectivity index (χ0) is 27.9. The highest BCUT2D eigenvalue weighted by atomic mass is 16.5. The Bertz CT molecular complexity index is 458. The summed E-state index contributed by atoms with van der Waals surface area (Å²) in [5.74, 6) is 0.935. The second-order valence-corrected chi connectivity index (χ2v) is 12.8. The summed E-state index contributed by atoms with van der Waals surface area (Å²) in [5, 5.41) is 0. The molecule has 0 saturated heterocycles. The predicted molar refractivity (Wildman–Crippen MR) is 170 cm³/mol. The molecule has 0 spiro atoms. The molecule has 0 amide bonds. The Hall–Kier alpha value is -0.530. The molecule has 0 N–H and O–H groups in total. The van der Waals surface area contributed by atoms with Crippen LogP contribution in [0.1, 0.15) is 214 Å². The van der Waals surface area contributed by atoms with Crippen LogP contribution in [0.15, 0.2) is 0 Å². The van der Waals surface area contributed by atoms with Crippen LogP contribution in [0, 0.1) is 5.92 Å². The minimum Gasteiger partial charge on any atom is -0.462 e. The van der Waals surface area contributed by atoms with Crippen molar-refractivity contribution in [1.82, 2.24) is 0 Å². The maximum absolute atomic E-state index is 12.5. The fraction of sp³-hybridized carbons (Fsp3) is 0.972. The van der Waals surface area contributed by atoms with E-state index in [-0.39, 0.29) is 12.1 Å². The summed E-state index contributed by atoms with van der Waals surface area (Å²) in [4.78, 5) is 12.5. The Morgan fingerprint density at radius 2 is 0.763 bits per heavy atom. The molecule has 0 bridgehead atoms. The lowest BCUT2D eigenvalue weighted by Crippen LogP contribution is -2.18. The van der Waals surface area contributed by atoms with Gasteiger partial charge in [0.05, 0.1) is 0 Å². The summed E-state index contributed by atoms with van der Waals surface area (Å²) >= 11 is 0. The standard InChI is InChI=1S/C36H72O2/c1-5-7-9-11-19-24-28-32-35(31-27-23-12-10-8-6-2)38-36(37)33-29-25-21-18-16-14-13-15-17-20-22-26-30-34(3)4/h34-35H,5-33H2,1-4H3. The van der Waals surface area contributed by atoms with Crippen LogP contribution in [-0.2, 0) is 9.53 Å². The van der Waals surface area contributed by atoms with E-state index < -0.39 is 0 Å². The molecule has 38 heavy (non-hydrogen) atoms. The Balaban J connectivity index is 3.82. The van der Waals surface area contributed by atoms with E-state index in [2.05, 4.69) is 27.7 Å². The Morgan fingerprint density at radius 1 is 0.447 bits per heavy atom. The number of hydrogen-bond donors (Lipinski definition) is 0. The van der Waals surface area contributed by atoms with Gasteiger partial charge in [0, 0.05) is 6.42 Å². The first-order valence-electron chi connectivity index (χ1n) is 17.8. The normalized spacial score (nSPS) is 12.3. The number of unbranched alkanes of at least 4 members (excludes halogenated alkanes) is 22. The molecular formula is C36H72O2. The molecule has 0 aliphatic rings. The van der Waals surface area contributed by atoms with E-state index in [0.717, 1.165) is 25.2 Å². The molecule has 2 nitrogen and oxygen atoms in total. The van der Waals surface area contributed by atoms with Crippen LogP contribution in [0.2, 0.25) is 0 Å². The SMILES string of the molecule is CCCCCCCCCC(CCCCCCCC)OC(=O)CCCCCCCCCCCCCCC(C)C. The smallest absolute Gasteiger partial charge is 0.306 e. The van der Waals surface area contributed by atoms with Crippen molar-refractivity contribution >= 4 is 5.97 Å². The van der Waals surface area contributed by atoms with Gasteiger partial charge in [0.15, 0.2) is 0 Å². The molecule has 2 heteroatoms. The van der Waals surface area contributed by atoms with Crippen LogP contribution >= 0.6 is 0 Å². The number of ether oxygens (including phenoxy) is 1. The van der Waals surface area contributed by atoms with E-state index in [4.69, 9.17) is 4.74 Å². The highest BCUT2D eigenvalue weighted by Crippen LogP contribution is 2.19. The lowest BCUT2D eigenvalue weighted by molar-refractivity contribution is -0.150. The minimum absolute atomic E-state index is 0.0670. The summed E-state index contributed by atoms with van der Waals surface area (Å²) in [6, 6.07) is 0. The van der Waals surface area contributed by atoms with Gasteiger partial charge in [-0.2, -0.15) is 0 Å². The van der Waals surface area contributed by atoms with Crippen molar-refractivity contribution in [3.8, 4) is 0 Å². The van der Waals surface area contributed by atoms with Gasteiger partial charge in [0.25, 0.3) is 0 Å². The fourth-order valence-electron chi connectivity index (χ4n) is 5.58. The van der Waals surface area contributed by atoms with Gasteiger partial charge in [-0.15, -0.1) is 0 Å². The molecule has 0 aromatic heterocycles. The summed E-state index contributed by atoms with van der Waals surface area (Å²) in [6.45, 7) is 9.21. The molecule has 0 aliphatic heterocycles. The van der Waals surface area contributed by atoms with Crippen LogP contribution in [0.5, 0.6) is 0 Å². The molecule has 0 rings (SSSR count). The second kappa shape index (κ2) is 31.0. The molecule has 0 radical (unpaired) electrons. The quantitative estimate of drug-likeness (QED) is 0.0650. The van der Waals surface area contributed by atoms with E-state index in [1.807, 2.05) is 0 Å². The van der Waals surface area contributed by atoms with Crippen LogP contribution in [-0.4, -0.2) is 12.1 Å². The van der Waals surface area contributed by atoms with Crippen molar-refractivity contribution in [2.24, 2.45) is 5.92 Å². The zero-order valence-corrected chi connectivity index (χ0v) is 27.0. The van der Waals surface area contributed by atoms with Gasteiger partial charge in [-0.1, -0.05) is 175 Å². The van der Waals surface area contributed by atoms with Crippen molar-refractivity contribution in [1.29, 1.82) is 0 Å². The van der Waals surface area contributed by atoms with Crippen molar-refractivity contribution in [3.05, 3.63) is 0 Å². The van der Waals surface area contributed by atoms with Gasteiger partial charge in [-0.25, -0.2) is 0 Å². The number of hydrogen-bond acceptors (Lipinski definition) is 2. The molecule has 0 fully saturated rings. The van der Waals surface area contributed by atoms with E-state index in [1.54, 1.807) is 0 Å². The van der Waals surface area contributed by atoms with Gasteiger partial charge in [0.1, 0.15) is 6.10 Å². The molecular weight excluding hydrogens is 464 g/mol. The maximum Gasteiger partial charge on any atom is 0.306 e. The zero-order valence-electron chi connectivity index (χ0n) is 27.0. The molecule has 228 valence electrons. The molecule has 0 aromatic rings. The number of esters is 1. The molecule has 0 aromatic carbocycles. The Kier molecular flexibility index (Phi) is 30.6. The highest BCUT2D eigenvalue weighted by molar-refractivity contribution is 5.69. The predicted octanol–water partition coefficient (Wildman–Crippen LogP) is 12.9. The van der Waals surface area contributed by atoms with E-state index in [1.165, 1.54) is 161 Å². The number of rotatable bonds is 31. The number of carbonyl (C=O) groups is 1. The summed E-state index contributed by atoms with van der Waals surface area (Å²) < 4.78 is 6.00. The van der Waals surface area contributed by atoms with E-state index in [9.17, 15) is 4.79 Å². The first-order valence-corrected chi connectivity index (χ1v) is 17.8. The maximum atomic E-state index is 12.5. The minimum atomic E-state index is 0.0670. The molecule has 0 saturated carbocycles. The van der Waals surface area contributed by atoms with E-state index in [0.29, 0.717) is 6.42 Å². The third kappa shape index (κ3) is 30.0. The average Bonchev–Trinajstić information content (AvgIpc) is 2.89. The largest absolute Gasteiger partial charge is 0.462 e. The van der Waals surface area contributed by atoms with Gasteiger partial charge in [-0.05, 0) is 38.0 Å². The van der Waals surface area contributed by atoms with Crippen LogP contribution < -0.4 is 0 Å². The fourth-order valence-corrected chi connectivity index (χ4v) is 5.58. The molecule has 0 heterocycles.